The second-order valence-corrected chi connectivity index (χ2v) is 9.35. The van der Waals surface area contributed by atoms with Crippen LogP contribution in [0.25, 0.3) is 0 Å². The van der Waals surface area contributed by atoms with Crippen LogP contribution in [0.1, 0.15) is 35.6 Å². The average Bonchev–Trinajstić information content (AvgIpc) is 3.28. The topological polar surface area (TPSA) is 119 Å². The highest BCUT2D eigenvalue weighted by Gasteiger charge is 2.57. The summed E-state index contributed by atoms with van der Waals surface area (Å²) >= 11 is 0. The first kappa shape index (κ1) is 21.4. The van der Waals surface area contributed by atoms with E-state index in [1.165, 1.54) is 11.8 Å². The van der Waals surface area contributed by atoms with E-state index in [0.29, 0.717) is 10.5 Å². The Labute approximate surface area is 191 Å². The minimum atomic E-state index is -1.71. The van der Waals surface area contributed by atoms with E-state index in [1.807, 2.05) is 0 Å². The Bertz CT molecular complexity index is 1210. The molecular weight excluding hydrogens is 450 g/mol. The van der Waals surface area contributed by atoms with Gasteiger partial charge in [-0.2, -0.15) is 0 Å². The number of fused-ring (bicyclic) bond motifs is 2. The largest absolute Gasteiger partial charge is 0.518 e. The number of hydrogen-bond donors (Lipinski definition) is 1. The molecule has 3 heterocycles. The number of benzene rings is 2. The Morgan fingerprint density at radius 2 is 1.85 bits per heavy atom. The summed E-state index contributed by atoms with van der Waals surface area (Å²) in [6.07, 6.45) is -3.24. The molecular formula is C23H19NO8S. The van der Waals surface area contributed by atoms with Crippen LogP contribution < -0.4 is 0 Å². The predicted octanol–water partition coefficient (Wildman–Crippen LogP) is 2.60. The van der Waals surface area contributed by atoms with Crippen LogP contribution in [0.5, 0.6) is 0 Å². The van der Waals surface area contributed by atoms with Crippen LogP contribution in [-0.4, -0.2) is 44.4 Å². The summed E-state index contributed by atoms with van der Waals surface area (Å²) in [6, 6.07) is 14.5. The van der Waals surface area contributed by atoms with Crippen molar-refractivity contribution in [2.75, 3.05) is 0 Å². The quantitative estimate of drug-likeness (QED) is 0.524. The maximum atomic E-state index is 13.2. The number of rotatable bonds is 5. The summed E-state index contributed by atoms with van der Waals surface area (Å²) < 4.78 is 28.9. The minimum absolute atomic E-state index is 0.173. The van der Waals surface area contributed by atoms with Gasteiger partial charge in [0.15, 0.2) is 0 Å². The number of β-lactam (4-membered cyclic amide) rings is 1. The van der Waals surface area contributed by atoms with Crippen molar-refractivity contribution in [3.05, 3.63) is 76.5 Å². The number of aliphatic hydroxyl groups excluding tert-OH is 1. The van der Waals surface area contributed by atoms with E-state index < -0.39 is 53.2 Å². The molecule has 170 valence electrons. The Kier molecular flexibility index (Phi) is 5.26. The molecule has 0 aromatic heterocycles. The number of amides is 1. The second-order valence-electron chi connectivity index (χ2n) is 7.85. The molecule has 1 fully saturated rings. The molecule has 0 bridgehead atoms. The molecule has 3 aliphatic rings. The Morgan fingerprint density at radius 1 is 1.15 bits per heavy atom. The van der Waals surface area contributed by atoms with Crippen LogP contribution in [0.3, 0.4) is 0 Å². The van der Waals surface area contributed by atoms with Crippen molar-refractivity contribution in [1.82, 2.24) is 4.90 Å². The average molecular weight is 469 g/mol. The first-order valence-corrected chi connectivity index (χ1v) is 11.4. The summed E-state index contributed by atoms with van der Waals surface area (Å²) in [7, 11) is -1.71. The van der Waals surface area contributed by atoms with Gasteiger partial charge in [-0.05, 0) is 25.1 Å². The number of carbonyl (C=O) groups is 3. The lowest BCUT2D eigenvalue weighted by Crippen LogP contribution is -2.61. The van der Waals surface area contributed by atoms with Gasteiger partial charge in [-0.15, -0.1) is 0 Å². The highest BCUT2D eigenvalue weighted by Crippen LogP contribution is 2.46. The van der Waals surface area contributed by atoms with Crippen LogP contribution in [0.15, 0.2) is 70.3 Å². The highest BCUT2D eigenvalue weighted by molar-refractivity contribution is 7.89. The molecule has 10 heteroatoms. The minimum Gasteiger partial charge on any atom is -0.417 e. The molecule has 5 unspecified atom stereocenters. The normalized spacial score (nSPS) is 25.0. The molecule has 33 heavy (non-hydrogen) atoms. The zero-order valence-electron chi connectivity index (χ0n) is 17.4. The van der Waals surface area contributed by atoms with Gasteiger partial charge in [0.05, 0.1) is 39.3 Å². The lowest BCUT2D eigenvalue weighted by molar-refractivity contribution is -0.161. The van der Waals surface area contributed by atoms with Crippen molar-refractivity contribution < 1.29 is 37.9 Å². The number of nitrogens with zero attached hydrogens (tertiary/aromatic N) is 1. The standard InChI is InChI=1S/C23H19NO8S/c1-12(25)18-16-11-17(33(29)13-7-3-2-4-8-13)20(24(16)19(18)26)30-23(28)32-22-15-10-6-5-9-14(15)21(27)31-22/h2-10,12,16,18,22,25H,11H2,1H3. The zero-order valence-corrected chi connectivity index (χ0v) is 18.2. The van der Waals surface area contributed by atoms with Crippen molar-refractivity contribution >= 4 is 28.8 Å². The predicted molar refractivity (Wildman–Crippen MR) is 112 cm³/mol. The summed E-state index contributed by atoms with van der Waals surface area (Å²) in [4.78, 5) is 39.2. The van der Waals surface area contributed by atoms with Crippen LogP contribution in [0, 0.1) is 5.92 Å². The summed E-state index contributed by atoms with van der Waals surface area (Å²) in [5.41, 5.74) is 0.652. The number of esters is 1. The van der Waals surface area contributed by atoms with E-state index in [1.54, 1.807) is 54.6 Å². The van der Waals surface area contributed by atoms with E-state index in [0.717, 1.165) is 0 Å². The molecule has 1 saturated heterocycles. The molecule has 0 radical (unpaired) electrons. The fourth-order valence-electron chi connectivity index (χ4n) is 4.31. The molecule has 5 rings (SSSR count). The molecule has 9 nitrogen and oxygen atoms in total. The van der Waals surface area contributed by atoms with Crippen LogP contribution in [0.2, 0.25) is 0 Å². The number of aliphatic hydroxyl groups is 1. The maximum Gasteiger partial charge on any atom is 0.518 e. The first-order valence-electron chi connectivity index (χ1n) is 10.3. The molecule has 2 aromatic rings. The summed E-state index contributed by atoms with van der Waals surface area (Å²) in [5.74, 6) is -1.93. The van der Waals surface area contributed by atoms with E-state index in [-0.39, 0.29) is 22.8 Å². The van der Waals surface area contributed by atoms with Gasteiger partial charge in [0.1, 0.15) is 0 Å². The van der Waals surface area contributed by atoms with Crippen LogP contribution in [-0.2, 0) is 29.8 Å². The number of ether oxygens (including phenoxy) is 3. The van der Waals surface area contributed by atoms with E-state index >= 15 is 0 Å². The smallest absolute Gasteiger partial charge is 0.417 e. The molecule has 1 amide bonds. The zero-order chi connectivity index (χ0) is 23.3. The van der Waals surface area contributed by atoms with Gasteiger partial charge < -0.3 is 19.3 Å². The van der Waals surface area contributed by atoms with Crippen LogP contribution >= 0.6 is 0 Å². The SMILES string of the molecule is CC(O)C1C(=O)N2C(OC(=O)OC3OC(=O)c4ccccc43)=C(S(=O)c3ccccc3)CC12. The van der Waals surface area contributed by atoms with Crippen molar-refractivity contribution in [3.63, 3.8) is 0 Å². The van der Waals surface area contributed by atoms with Crippen molar-refractivity contribution in [1.29, 1.82) is 0 Å². The molecule has 3 aliphatic heterocycles. The lowest BCUT2D eigenvalue weighted by Gasteiger charge is -2.44. The third-order valence-corrected chi connectivity index (χ3v) is 7.34. The number of cyclic esters (lactones) is 1. The second kappa shape index (κ2) is 8.13. The Balaban J connectivity index is 1.41. The fraction of sp³-hybridized carbons (Fsp3) is 0.261. The summed E-state index contributed by atoms with van der Waals surface area (Å²) in [5, 5.41) is 9.98. The van der Waals surface area contributed by atoms with E-state index in [2.05, 4.69) is 0 Å². The molecule has 0 saturated carbocycles. The van der Waals surface area contributed by atoms with Gasteiger partial charge in [-0.3, -0.25) is 9.69 Å². The van der Waals surface area contributed by atoms with Gasteiger partial charge in [-0.1, -0.05) is 36.4 Å². The van der Waals surface area contributed by atoms with Crippen molar-refractivity contribution in [2.24, 2.45) is 5.92 Å². The third-order valence-electron chi connectivity index (χ3n) is 5.85. The molecule has 2 aromatic carbocycles. The number of hydrogen-bond acceptors (Lipinski definition) is 8. The van der Waals surface area contributed by atoms with Crippen molar-refractivity contribution in [3.8, 4) is 0 Å². The summed E-state index contributed by atoms with van der Waals surface area (Å²) in [6.45, 7) is 1.51. The molecule has 0 spiro atoms. The van der Waals surface area contributed by atoms with Crippen molar-refractivity contribution in [2.45, 2.75) is 36.7 Å². The lowest BCUT2D eigenvalue weighted by atomic mass is 9.84. The van der Waals surface area contributed by atoms with Gasteiger partial charge in [0, 0.05) is 16.9 Å². The molecule has 1 N–H and O–H groups in total. The first-order chi connectivity index (χ1) is 15.9. The van der Waals surface area contributed by atoms with Crippen LogP contribution in [0.4, 0.5) is 4.79 Å². The molecule has 0 aliphatic carbocycles. The molecule has 5 atom stereocenters. The Hall–Kier alpha value is -3.50. The van der Waals surface area contributed by atoms with Gasteiger partial charge in [0.2, 0.25) is 11.8 Å². The van der Waals surface area contributed by atoms with Gasteiger partial charge in [0.25, 0.3) is 6.29 Å². The Morgan fingerprint density at radius 3 is 2.58 bits per heavy atom. The van der Waals surface area contributed by atoms with E-state index in [4.69, 9.17) is 14.2 Å². The fourth-order valence-corrected chi connectivity index (χ4v) is 5.62. The number of carbonyl (C=O) groups excluding carboxylic acids is 3. The highest BCUT2D eigenvalue weighted by atomic mass is 32.2. The maximum absolute atomic E-state index is 13.2. The van der Waals surface area contributed by atoms with Gasteiger partial charge in [-0.25, -0.2) is 13.8 Å². The van der Waals surface area contributed by atoms with E-state index in [9.17, 15) is 23.7 Å². The third kappa shape index (κ3) is 3.51. The van der Waals surface area contributed by atoms with Gasteiger partial charge >= 0.3 is 12.1 Å². The monoisotopic (exact) mass is 469 g/mol.